The van der Waals surface area contributed by atoms with Gasteiger partial charge in [-0.05, 0) is 66.8 Å². The highest BCUT2D eigenvalue weighted by molar-refractivity contribution is 6.42. The van der Waals surface area contributed by atoms with E-state index < -0.39 is 5.97 Å². The molecule has 4 nitrogen and oxygen atoms in total. The van der Waals surface area contributed by atoms with Crippen molar-refractivity contribution in [3.8, 4) is 0 Å². The molecule has 35 heavy (non-hydrogen) atoms. The van der Waals surface area contributed by atoms with Gasteiger partial charge in [-0.15, -0.1) is 0 Å². The van der Waals surface area contributed by atoms with Gasteiger partial charge in [-0.1, -0.05) is 83.4 Å². The summed E-state index contributed by atoms with van der Waals surface area (Å²) in [5.74, 6) is -1.12. The van der Waals surface area contributed by atoms with Gasteiger partial charge in [0.25, 0.3) is 0 Å². The van der Waals surface area contributed by atoms with Gasteiger partial charge in [-0.2, -0.15) is 0 Å². The Hall–Kier alpha value is -3.08. The van der Waals surface area contributed by atoms with Crippen LogP contribution in [0.4, 0.5) is 0 Å². The predicted octanol–water partition coefficient (Wildman–Crippen LogP) is 7.33. The summed E-state index contributed by atoms with van der Waals surface area (Å²) in [7, 11) is 0. The molecule has 3 aromatic rings. The molecule has 0 unspecified atom stereocenters. The van der Waals surface area contributed by atoms with Crippen molar-refractivity contribution in [3.05, 3.63) is 99.6 Å². The van der Waals surface area contributed by atoms with Crippen molar-refractivity contribution in [2.24, 2.45) is 5.92 Å². The third kappa shape index (κ3) is 8.27. The Bertz CT molecular complexity index is 1270. The molecule has 0 aliphatic carbocycles. The van der Waals surface area contributed by atoms with Crippen LogP contribution in [0.25, 0.3) is 16.8 Å². The number of benzene rings is 3. The Labute approximate surface area is 216 Å². The van der Waals surface area contributed by atoms with Crippen molar-refractivity contribution in [2.45, 2.75) is 39.2 Å². The van der Waals surface area contributed by atoms with E-state index in [2.05, 4.69) is 47.8 Å². The molecule has 6 heteroatoms. The molecule has 0 aliphatic heterocycles. The van der Waals surface area contributed by atoms with Crippen LogP contribution >= 0.6 is 23.2 Å². The second-order valence-corrected chi connectivity index (χ2v) is 9.58. The molecule has 3 rings (SSSR count). The number of rotatable bonds is 10. The highest BCUT2D eigenvalue weighted by atomic mass is 35.5. The quantitative estimate of drug-likeness (QED) is 0.281. The molecule has 0 aliphatic rings. The van der Waals surface area contributed by atoms with Crippen LogP contribution in [0.15, 0.2) is 78.4 Å². The SMILES string of the molecule is C/C(=C\C(=O)O)CCC(=O)N[C@@H](C)[C@H](/C=C/c1ccc2ccccc2c1)Cc1ccc(Cl)c(Cl)c1. The van der Waals surface area contributed by atoms with Crippen LogP contribution in [0, 0.1) is 5.92 Å². The van der Waals surface area contributed by atoms with Gasteiger partial charge < -0.3 is 10.4 Å². The number of aliphatic carboxylic acids is 1. The normalized spacial score (nSPS) is 13.7. The van der Waals surface area contributed by atoms with E-state index in [1.807, 2.05) is 31.2 Å². The summed E-state index contributed by atoms with van der Waals surface area (Å²) in [6.07, 6.45) is 6.63. The predicted molar refractivity (Wildman–Crippen MR) is 145 cm³/mol. The molecule has 0 aromatic heterocycles. The molecule has 2 N–H and O–H groups in total. The highest BCUT2D eigenvalue weighted by Gasteiger charge is 2.18. The minimum atomic E-state index is -1.00. The minimum Gasteiger partial charge on any atom is -0.478 e. The number of carbonyl (C=O) groups is 2. The van der Waals surface area contributed by atoms with Crippen LogP contribution in [0.3, 0.4) is 0 Å². The third-order valence-corrected chi connectivity index (χ3v) is 6.65. The summed E-state index contributed by atoms with van der Waals surface area (Å²) in [5.41, 5.74) is 2.76. The summed E-state index contributed by atoms with van der Waals surface area (Å²) in [6, 6.07) is 20.0. The lowest BCUT2D eigenvalue weighted by Gasteiger charge is -2.23. The molecule has 0 heterocycles. The van der Waals surface area contributed by atoms with Gasteiger partial charge in [0.1, 0.15) is 0 Å². The van der Waals surface area contributed by atoms with E-state index in [0.717, 1.165) is 17.2 Å². The van der Waals surface area contributed by atoms with E-state index in [1.165, 1.54) is 10.8 Å². The van der Waals surface area contributed by atoms with Crippen LogP contribution in [-0.4, -0.2) is 23.0 Å². The molecule has 0 bridgehead atoms. The van der Waals surface area contributed by atoms with E-state index in [1.54, 1.807) is 13.0 Å². The van der Waals surface area contributed by atoms with Crippen molar-refractivity contribution < 1.29 is 14.7 Å². The van der Waals surface area contributed by atoms with E-state index in [-0.39, 0.29) is 24.3 Å². The van der Waals surface area contributed by atoms with Crippen LogP contribution in [0.5, 0.6) is 0 Å². The second kappa shape index (κ2) is 12.6. The standard InChI is InChI=1S/C29H29Cl2NO3/c1-19(15-29(34)35)7-14-28(33)32-20(2)24(17-22-10-13-26(30)27(31)18-22)12-9-21-8-11-23-5-3-4-6-25(23)16-21/h3-6,8-13,15-16,18,20,24H,7,14,17H2,1-2H3,(H,32,33)(H,34,35)/b12-9+,19-15+/t20-,24+/m0/s1. The third-order valence-electron chi connectivity index (χ3n) is 5.91. The van der Waals surface area contributed by atoms with Gasteiger partial charge in [0, 0.05) is 24.5 Å². The molecular weight excluding hydrogens is 481 g/mol. The van der Waals surface area contributed by atoms with Gasteiger partial charge in [-0.3, -0.25) is 4.79 Å². The van der Waals surface area contributed by atoms with Crippen molar-refractivity contribution in [1.82, 2.24) is 5.32 Å². The number of carbonyl (C=O) groups excluding carboxylic acids is 1. The minimum absolute atomic E-state index is 0.00155. The number of halogens is 2. The number of allylic oxidation sites excluding steroid dienone is 1. The lowest BCUT2D eigenvalue weighted by molar-refractivity contribution is -0.131. The zero-order chi connectivity index (χ0) is 25.4. The molecule has 0 radical (unpaired) electrons. The molecule has 0 saturated carbocycles. The summed E-state index contributed by atoms with van der Waals surface area (Å²) in [4.78, 5) is 23.4. The first kappa shape index (κ1) is 26.5. The first-order valence-electron chi connectivity index (χ1n) is 11.5. The van der Waals surface area contributed by atoms with Crippen LogP contribution in [0.1, 0.15) is 37.8 Å². The molecule has 3 aromatic carbocycles. The molecule has 0 spiro atoms. The van der Waals surface area contributed by atoms with Crippen molar-refractivity contribution in [1.29, 1.82) is 0 Å². The van der Waals surface area contributed by atoms with E-state index >= 15 is 0 Å². The van der Waals surface area contributed by atoms with Gasteiger partial charge in [0.2, 0.25) is 5.91 Å². The fourth-order valence-corrected chi connectivity index (χ4v) is 4.24. The van der Waals surface area contributed by atoms with E-state index in [4.69, 9.17) is 28.3 Å². The first-order chi connectivity index (χ1) is 16.7. The lowest BCUT2D eigenvalue weighted by Crippen LogP contribution is -2.38. The Morgan fingerprint density at radius 1 is 0.971 bits per heavy atom. The second-order valence-electron chi connectivity index (χ2n) is 8.77. The van der Waals surface area contributed by atoms with E-state index in [0.29, 0.717) is 28.5 Å². The number of fused-ring (bicyclic) bond motifs is 1. The van der Waals surface area contributed by atoms with Gasteiger partial charge in [0.05, 0.1) is 10.0 Å². The maximum absolute atomic E-state index is 12.6. The van der Waals surface area contributed by atoms with E-state index in [9.17, 15) is 9.59 Å². The number of carboxylic acids is 1. The Morgan fingerprint density at radius 2 is 1.71 bits per heavy atom. The molecule has 182 valence electrons. The number of amides is 1. The van der Waals surface area contributed by atoms with Crippen LogP contribution < -0.4 is 5.32 Å². The number of hydrogen-bond acceptors (Lipinski definition) is 2. The smallest absolute Gasteiger partial charge is 0.328 e. The summed E-state index contributed by atoms with van der Waals surface area (Å²) in [5, 5.41) is 15.3. The zero-order valence-electron chi connectivity index (χ0n) is 19.8. The maximum atomic E-state index is 12.6. The van der Waals surface area contributed by atoms with Crippen LogP contribution in [0.2, 0.25) is 10.0 Å². The molecule has 1 amide bonds. The monoisotopic (exact) mass is 509 g/mol. The molecule has 0 saturated heterocycles. The van der Waals surface area contributed by atoms with Crippen molar-refractivity contribution >= 4 is 51.9 Å². The van der Waals surface area contributed by atoms with Gasteiger partial charge >= 0.3 is 5.97 Å². The van der Waals surface area contributed by atoms with Gasteiger partial charge in [-0.25, -0.2) is 4.79 Å². The number of hydrogen-bond donors (Lipinski definition) is 2. The maximum Gasteiger partial charge on any atom is 0.328 e. The fraction of sp³-hybridized carbons (Fsp3) is 0.241. The average molecular weight is 510 g/mol. The topological polar surface area (TPSA) is 66.4 Å². The van der Waals surface area contributed by atoms with Crippen molar-refractivity contribution in [2.75, 3.05) is 0 Å². The van der Waals surface area contributed by atoms with Crippen molar-refractivity contribution in [3.63, 3.8) is 0 Å². The summed E-state index contributed by atoms with van der Waals surface area (Å²) >= 11 is 12.3. The number of carboxylic acid groups (broad SMARTS) is 1. The zero-order valence-corrected chi connectivity index (χ0v) is 21.3. The molecule has 2 atom stereocenters. The Balaban J connectivity index is 1.76. The highest BCUT2D eigenvalue weighted by Crippen LogP contribution is 2.26. The molecular formula is C29H29Cl2NO3. The summed E-state index contributed by atoms with van der Waals surface area (Å²) < 4.78 is 0. The fourth-order valence-electron chi connectivity index (χ4n) is 3.92. The summed E-state index contributed by atoms with van der Waals surface area (Å²) in [6.45, 7) is 3.69. The lowest BCUT2D eigenvalue weighted by atomic mass is 9.91. The Morgan fingerprint density at radius 3 is 2.43 bits per heavy atom. The molecule has 0 fully saturated rings. The average Bonchev–Trinajstić information content (AvgIpc) is 2.82. The van der Waals surface area contributed by atoms with Crippen LogP contribution in [-0.2, 0) is 16.0 Å². The number of nitrogens with one attached hydrogen (secondary N) is 1. The largest absolute Gasteiger partial charge is 0.478 e. The van der Waals surface area contributed by atoms with Gasteiger partial charge in [0.15, 0.2) is 0 Å². The Kier molecular flexibility index (Phi) is 9.53. The first-order valence-corrected chi connectivity index (χ1v) is 12.3.